The Balaban J connectivity index is 1.36. The summed E-state index contributed by atoms with van der Waals surface area (Å²) in [6.07, 6.45) is 6.67. The summed E-state index contributed by atoms with van der Waals surface area (Å²) < 4.78 is 15.2. The Morgan fingerprint density at radius 2 is 1.93 bits per heavy atom. The predicted octanol–water partition coefficient (Wildman–Crippen LogP) is 2.68. The SMILES string of the molecule is Cc1c(-n2ccnc2-c2ccc(OCCCN3CCOCC3)cc2)cnn1C. The van der Waals surface area contributed by atoms with E-state index in [2.05, 4.69) is 38.6 Å². The van der Waals surface area contributed by atoms with Gasteiger partial charge in [-0.05, 0) is 37.6 Å². The van der Waals surface area contributed by atoms with Crippen molar-refractivity contribution in [1.29, 1.82) is 0 Å². The van der Waals surface area contributed by atoms with Crippen molar-refractivity contribution in [3.05, 3.63) is 48.5 Å². The first kappa shape index (κ1) is 18.7. The molecule has 0 atom stereocenters. The number of aromatic nitrogens is 4. The maximum Gasteiger partial charge on any atom is 0.144 e. The molecule has 7 heteroatoms. The fourth-order valence-corrected chi connectivity index (χ4v) is 3.44. The minimum Gasteiger partial charge on any atom is -0.494 e. The Hall–Kier alpha value is -2.64. The number of hydrogen-bond donors (Lipinski definition) is 0. The van der Waals surface area contributed by atoms with Crippen molar-refractivity contribution in [2.24, 2.45) is 7.05 Å². The van der Waals surface area contributed by atoms with Crippen molar-refractivity contribution in [2.45, 2.75) is 13.3 Å². The normalized spacial score (nSPS) is 15.1. The molecule has 3 aromatic rings. The molecular weight excluding hydrogens is 354 g/mol. The van der Waals surface area contributed by atoms with E-state index in [4.69, 9.17) is 9.47 Å². The van der Waals surface area contributed by atoms with Crippen LogP contribution in [0.15, 0.2) is 42.9 Å². The van der Waals surface area contributed by atoms with Crippen molar-refractivity contribution >= 4 is 0 Å². The monoisotopic (exact) mass is 381 g/mol. The van der Waals surface area contributed by atoms with Gasteiger partial charge in [0, 0.05) is 44.6 Å². The lowest BCUT2D eigenvalue weighted by Gasteiger charge is -2.26. The minimum atomic E-state index is 0.722. The van der Waals surface area contributed by atoms with Gasteiger partial charge in [0.2, 0.25) is 0 Å². The predicted molar refractivity (Wildman–Crippen MR) is 108 cm³/mol. The number of hydrogen-bond acceptors (Lipinski definition) is 5. The highest BCUT2D eigenvalue weighted by Crippen LogP contribution is 2.25. The van der Waals surface area contributed by atoms with Gasteiger partial charge in [-0.15, -0.1) is 0 Å². The van der Waals surface area contributed by atoms with Crippen LogP contribution in [0.2, 0.25) is 0 Å². The maximum atomic E-state index is 5.91. The second-order valence-electron chi connectivity index (χ2n) is 7.04. The van der Waals surface area contributed by atoms with E-state index in [9.17, 15) is 0 Å². The third kappa shape index (κ3) is 4.10. The van der Waals surface area contributed by atoms with Crippen LogP contribution in [0, 0.1) is 6.92 Å². The van der Waals surface area contributed by atoms with E-state index in [1.807, 2.05) is 42.5 Å². The summed E-state index contributed by atoms with van der Waals surface area (Å²) in [4.78, 5) is 6.97. The van der Waals surface area contributed by atoms with Crippen LogP contribution in [0.25, 0.3) is 17.1 Å². The fraction of sp³-hybridized carbons (Fsp3) is 0.429. The molecule has 1 fully saturated rings. The highest BCUT2D eigenvalue weighted by molar-refractivity contribution is 5.60. The summed E-state index contributed by atoms with van der Waals surface area (Å²) in [6, 6.07) is 8.14. The molecule has 0 amide bonds. The standard InChI is InChI=1S/C21H27N5O2/c1-17-20(16-23-24(17)2)26-10-8-22-21(26)18-4-6-19(7-5-18)28-13-3-9-25-11-14-27-15-12-25/h4-8,10,16H,3,9,11-15H2,1-2H3. The molecule has 1 aliphatic rings. The zero-order valence-corrected chi connectivity index (χ0v) is 16.5. The quantitative estimate of drug-likeness (QED) is 0.589. The Morgan fingerprint density at radius 3 is 2.64 bits per heavy atom. The van der Waals surface area contributed by atoms with Gasteiger partial charge in [0.25, 0.3) is 0 Å². The molecule has 0 saturated carbocycles. The highest BCUT2D eigenvalue weighted by Gasteiger charge is 2.13. The van der Waals surface area contributed by atoms with E-state index in [1.165, 1.54) is 0 Å². The number of rotatable bonds is 7. The number of morpholine rings is 1. The molecule has 4 rings (SSSR count). The molecule has 3 heterocycles. The van der Waals surface area contributed by atoms with Crippen molar-refractivity contribution in [2.75, 3.05) is 39.5 Å². The number of aryl methyl sites for hydroxylation is 1. The van der Waals surface area contributed by atoms with Gasteiger partial charge >= 0.3 is 0 Å². The van der Waals surface area contributed by atoms with Gasteiger partial charge in [0.1, 0.15) is 11.6 Å². The van der Waals surface area contributed by atoms with Gasteiger partial charge in [0.05, 0.1) is 37.4 Å². The van der Waals surface area contributed by atoms with E-state index >= 15 is 0 Å². The Bertz CT molecular complexity index is 894. The molecule has 1 saturated heterocycles. The maximum absolute atomic E-state index is 5.91. The van der Waals surface area contributed by atoms with Gasteiger partial charge in [-0.2, -0.15) is 5.10 Å². The van der Waals surface area contributed by atoms with Crippen LogP contribution in [0.5, 0.6) is 5.75 Å². The molecular formula is C21H27N5O2. The van der Waals surface area contributed by atoms with Gasteiger partial charge in [-0.3, -0.25) is 14.1 Å². The Kier molecular flexibility index (Phi) is 5.73. The molecule has 1 aromatic carbocycles. The van der Waals surface area contributed by atoms with Crippen LogP contribution in [-0.2, 0) is 11.8 Å². The van der Waals surface area contributed by atoms with Gasteiger partial charge in [0.15, 0.2) is 0 Å². The van der Waals surface area contributed by atoms with Gasteiger partial charge < -0.3 is 9.47 Å². The average Bonchev–Trinajstić information content (AvgIpc) is 3.34. The molecule has 0 spiro atoms. The summed E-state index contributed by atoms with van der Waals surface area (Å²) in [5.41, 5.74) is 3.19. The summed E-state index contributed by atoms with van der Waals surface area (Å²) in [7, 11) is 1.95. The molecule has 0 aliphatic carbocycles. The molecule has 0 unspecified atom stereocenters. The van der Waals surface area contributed by atoms with E-state index in [0.29, 0.717) is 0 Å². The van der Waals surface area contributed by atoms with Crippen molar-refractivity contribution in [3.63, 3.8) is 0 Å². The first-order valence-electron chi connectivity index (χ1n) is 9.78. The van der Waals surface area contributed by atoms with E-state index in [0.717, 1.165) is 74.4 Å². The third-order valence-corrected chi connectivity index (χ3v) is 5.21. The molecule has 148 valence electrons. The lowest BCUT2D eigenvalue weighted by Crippen LogP contribution is -2.37. The molecule has 2 aromatic heterocycles. The average molecular weight is 381 g/mol. The molecule has 28 heavy (non-hydrogen) atoms. The first-order valence-corrected chi connectivity index (χ1v) is 9.78. The van der Waals surface area contributed by atoms with Crippen LogP contribution >= 0.6 is 0 Å². The van der Waals surface area contributed by atoms with Crippen LogP contribution in [0.1, 0.15) is 12.1 Å². The highest BCUT2D eigenvalue weighted by atomic mass is 16.5. The molecule has 0 radical (unpaired) electrons. The Morgan fingerprint density at radius 1 is 1.14 bits per heavy atom. The second kappa shape index (κ2) is 8.58. The van der Waals surface area contributed by atoms with Crippen LogP contribution in [0.4, 0.5) is 0 Å². The summed E-state index contributed by atoms with van der Waals surface area (Å²) in [5, 5.41) is 4.33. The molecule has 7 nitrogen and oxygen atoms in total. The van der Waals surface area contributed by atoms with Crippen molar-refractivity contribution in [1.82, 2.24) is 24.2 Å². The Labute approximate surface area is 165 Å². The minimum absolute atomic E-state index is 0.722. The number of imidazole rings is 1. The summed E-state index contributed by atoms with van der Waals surface area (Å²) in [6.45, 7) is 7.58. The largest absolute Gasteiger partial charge is 0.494 e. The lowest BCUT2D eigenvalue weighted by atomic mass is 10.2. The third-order valence-electron chi connectivity index (χ3n) is 5.21. The molecule has 0 bridgehead atoms. The number of benzene rings is 1. The van der Waals surface area contributed by atoms with Crippen LogP contribution in [0.3, 0.4) is 0 Å². The lowest BCUT2D eigenvalue weighted by molar-refractivity contribution is 0.0358. The summed E-state index contributed by atoms with van der Waals surface area (Å²) >= 11 is 0. The van der Waals surface area contributed by atoms with Crippen molar-refractivity contribution < 1.29 is 9.47 Å². The zero-order chi connectivity index (χ0) is 19.3. The van der Waals surface area contributed by atoms with Gasteiger partial charge in [-0.1, -0.05) is 0 Å². The van der Waals surface area contributed by atoms with Crippen molar-refractivity contribution in [3.8, 4) is 22.8 Å². The molecule has 1 aliphatic heterocycles. The summed E-state index contributed by atoms with van der Waals surface area (Å²) in [5.74, 6) is 1.79. The van der Waals surface area contributed by atoms with Crippen LogP contribution in [-0.4, -0.2) is 63.7 Å². The van der Waals surface area contributed by atoms with E-state index < -0.39 is 0 Å². The topological polar surface area (TPSA) is 57.3 Å². The number of ether oxygens (including phenoxy) is 2. The van der Waals surface area contributed by atoms with Gasteiger partial charge in [-0.25, -0.2) is 4.98 Å². The van der Waals surface area contributed by atoms with E-state index in [1.54, 1.807) is 0 Å². The second-order valence-corrected chi connectivity index (χ2v) is 7.04. The smallest absolute Gasteiger partial charge is 0.144 e. The number of nitrogens with zero attached hydrogens (tertiary/aromatic N) is 5. The molecule has 0 N–H and O–H groups in total. The fourth-order valence-electron chi connectivity index (χ4n) is 3.44. The van der Waals surface area contributed by atoms with E-state index in [-0.39, 0.29) is 0 Å². The van der Waals surface area contributed by atoms with Crippen LogP contribution < -0.4 is 4.74 Å². The zero-order valence-electron chi connectivity index (χ0n) is 16.5. The first-order chi connectivity index (χ1) is 13.7.